The maximum absolute atomic E-state index is 11.0. The Hall–Kier alpha value is -0.430. The van der Waals surface area contributed by atoms with E-state index < -0.39 is 39.5 Å². The standard InChI is InChI=1S/C10H22O13P2/c11-9(12)7-22-5-3-20-1-2-21-4-6-23-8-10(13,24(14,15)16)25(17,18)19/h13H,1-8H2,(H,11,12)(H2,14,15,16)(H2,17,18,19). The van der Waals surface area contributed by atoms with Crippen LogP contribution in [0, 0.1) is 0 Å². The molecule has 0 aliphatic heterocycles. The van der Waals surface area contributed by atoms with Crippen molar-refractivity contribution in [3.05, 3.63) is 0 Å². The largest absolute Gasteiger partial charge is 0.480 e. The van der Waals surface area contributed by atoms with Crippen LogP contribution in [0.25, 0.3) is 0 Å². The molecule has 15 heteroatoms. The molecule has 0 spiro atoms. The van der Waals surface area contributed by atoms with Gasteiger partial charge in [0.1, 0.15) is 6.61 Å². The van der Waals surface area contributed by atoms with Crippen molar-refractivity contribution in [2.75, 3.05) is 52.9 Å². The second kappa shape index (κ2) is 11.3. The average molecular weight is 412 g/mol. The zero-order valence-electron chi connectivity index (χ0n) is 13.1. The van der Waals surface area contributed by atoms with E-state index in [0.29, 0.717) is 0 Å². The average Bonchev–Trinajstić information content (AvgIpc) is 2.45. The van der Waals surface area contributed by atoms with Crippen molar-refractivity contribution in [1.29, 1.82) is 0 Å². The van der Waals surface area contributed by atoms with Gasteiger partial charge in [0.2, 0.25) is 0 Å². The fourth-order valence-electron chi connectivity index (χ4n) is 1.26. The van der Waals surface area contributed by atoms with Crippen molar-refractivity contribution < 1.29 is 62.7 Å². The van der Waals surface area contributed by atoms with Crippen molar-refractivity contribution in [2.45, 2.75) is 5.08 Å². The first-order chi connectivity index (χ1) is 11.4. The molecule has 0 radical (unpaired) electrons. The molecule has 0 bridgehead atoms. The van der Waals surface area contributed by atoms with Gasteiger partial charge in [-0.25, -0.2) is 4.79 Å². The van der Waals surface area contributed by atoms with Gasteiger partial charge in [-0.15, -0.1) is 0 Å². The smallest absolute Gasteiger partial charge is 0.371 e. The van der Waals surface area contributed by atoms with E-state index in [9.17, 15) is 19.0 Å². The van der Waals surface area contributed by atoms with Crippen LogP contribution in [0.15, 0.2) is 0 Å². The van der Waals surface area contributed by atoms with E-state index in [2.05, 4.69) is 4.74 Å². The van der Waals surface area contributed by atoms with Crippen molar-refractivity contribution >= 4 is 21.2 Å². The van der Waals surface area contributed by atoms with E-state index in [1.807, 2.05) is 0 Å². The fourth-order valence-corrected chi connectivity index (χ4v) is 3.14. The predicted molar refractivity (Wildman–Crippen MR) is 79.9 cm³/mol. The Bertz CT molecular complexity index is 461. The molecule has 0 amide bonds. The maximum atomic E-state index is 11.0. The van der Waals surface area contributed by atoms with Gasteiger partial charge in [0.15, 0.2) is 0 Å². The summed E-state index contributed by atoms with van der Waals surface area (Å²) in [5.41, 5.74) is 0. The number of aliphatic carboxylic acids is 1. The van der Waals surface area contributed by atoms with Gasteiger partial charge in [-0.05, 0) is 0 Å². The van der Waals surface area contributed by atoms with Crippen LogP contribution in [0.4, 0.5) is 0 Å². The van der Waals surface area contributed by atoms with Gasteiger partial charge in [0.05, 0.1) is 46.2 Å². The highest BCUT2D eigenvalue weighted by atomic mass is 31.2. The van der Waals surface area contributed by atoms with Gasteiger partial charge in [0.25, 0.3) is 5.08 Å². The summed E-state index contributed by atoms with van der Waals surface area (Å²) in [5, 5.41) is 14.2. The lowest BCUT2D eigenvalue weighted by molar-refractivity contribution is -0.142. The minimum Gasteiger partial charge on any atom is -0.480 e. The minimum atomic E-state index is -5.54. The minimum absolute atomic E-state index is 0.0860. The van der Waals surface area contributed by atoms with Crippen molar-refractivity contribution in [3.63, 3.8) is 0 Å². The molecule has 0 aliphatic carbocycles. The lowest BCUT2D eigenvalue weighted by Crippen LogP contribution is -2.34. The van der Waals surface area contributed by atoms with Gasteiger partial charge in [-0.1, -0.05) is 0 Å². The summed E-state index contributed by atoms with van der Waals surface area (Å²) in [5.74, 6) is -1.09. The molecule has 0 aromatic rings. The van der Waals surface area contributed by atoms with Gasteiger partial charge in [-0.3, -0.25) is 9.13 Å². The Morgan fingerprint density at radius 1 is 0.760 bits per heavy atom. The summed E-state index contributed by atoms with van der Waals surface area (Å²) < 4.78 is 41.5. The number of rotatable bonds is 15. The van der Waals surface area contributed by atoms with Crippen LogP contribution >= 0.6 is 15.2 Å². The van der Waals surface area contributed by atoms with Crippen LogP contribution in [0.3, 0.4) is 0 Å². The zero-order chi connectivity index (χ0) is 19.6. The number of hydrogen-bond acceptors (Lipinski definition) is 8. The van der Waals surface area contributed by atoms with E-state index in [1.165, 1.54) is 0 Å². The molecule has 0 fully saturated rings. The fraction of sp³-hybridized carbons (Fsp3) is 0.900. The van der Waals surface area contributed by atoms with E-state index >= 15 is 0 Å². The lowest BCUT2D eigenvalue weighted by atomic mass is 10.7. The molecule has 25 heavy (non-hydrogen) atoms. The Morgan fingerprint density at radius 2 is 1.12 bits per heavy atom. The van der Waals surface area contributed by atoms with Crippen LogP contribution in [0.1, 0.15) is 0 Å². The van der Waals surface area contributed by atoms with E-state index in [0.717, 1.165) is 0 Å². The highest BCUT2D eigenvalue weighted by molar-refractivity contribution is 7.72. The van der Waals surface area contributed by atoms with Crippen LogP contribution in [0.2, 0.25) is 0 Å². The normalized spacial score (nSPS) is 13.2. The Morgan fingerprint density at radius 3 is 1.48 bits per heavy atom. The molecule has 0 aromatic heterocycles. The first-order valence-corrected chi connectivity index (χ1v) is 10.0. The van der Waals surface area contributed by atoms with E-state index in [4.69, 9.17) is 38.9 Å². The quantitative estimate of drug-likeness (QED) is 0.129. The van der Waals surface area contributed by atoms with Gasteiger partial charge in [-0.2, -0.15) is 0 Å². The number of ether oxygens (including phenoxy) is 4. The van der Waals surface area contributed by atoms with Gasteiger partial charge in [0, 0.05) is 0 Å². The second-order valence-electron chi connectivity index (χ2n) is 4.59. The molecule has 0 atom stereocenters. The monoisotopic (exact) mass is 412 g/mol. The van der Waals surface area contributed by atoms with Crippen LogP contribution in [0.5, 0.6) is 0 Å². The first kappa shape index (κ1) is 24.6. The second-order valence-corrected chi connectivity index (χ2v) is 8.59. The molecule has 0 heterocycles. The number of carboxylic acid groups (broad SMARTS) is 1. The van der Waals surface area contributed by atoms with E-state index in [-0.39, 0.29) is 39.6 Å². The molecule has 0 saturated heterocycles. The molecule has 0 rings (SSSR count). The number of aliphatic hydroxyl groups is 1. The summed E-state index contributed by atoms with van der Waals surface area (Å²) in [4.78, 5) is 45.6. The summed E-state index contributed by atoms with van der Waals surface area (Å²) in [6.07, 6.45) is 0. The van der Waals surface area contributed by atoms with Crippen molar-refractivity contribution in [1.82, 2.24) is 0 Å². The molecule has 150 valence electrons. The van der Waals surface area contributed by atoms with Crippen LogP contribution in [-0.2, 0) is 32.9 Å². The SMILES string of the molecule is O=C(O)COCCOCCOCCOCC(O)(P(=O)(O)O)P(=O)(O)O. The third-order valence-electron chi connectivity index (χ3n) is 2.57. The Balaban J connectivity index is 3.77. The van der Waals surface area contributed by atoms with Crippen LogP contribution < -0.4 is 0 Å². The third kappa shape index (κ3) is 9.73. The summed E-state index contributed by atoms with van der Waals surface area (Å²) in [6.45, 7) is -1.55. The van der Waals surface area contributed by atoms with Crippen LogP contribution in [-0.4, -0.2) is 93.7 Å². The summed E-state index contributed by atoms with van der Waals surface area (Å²) >= 11 is 0. The van der Waals surface area contributed by atoms with Gasteiger partial charge >= 0.3 is 21.2 Å². The van der Waals surface area contributed by atoms with Crippen molar-refractivity contribution in [3.8, 4) is 0 Å². The number of hydrogen-bond donors (Lipinski definition) is 6. The molecule has 0 saturated carbocycles. The topological polar surface area (TPSA) is 210 Å². The number of carbonyl (C=O) groups is 1. The molecule has 0 unspecified atom stereocenters. The molecule has 13 nitrogen and oxygen atoms in total. The number of carboxylic acids is 1. The van der Waals surface area contributed by atoms with Crippen molar-refractivity contribution in [2.24, 2.45) is 0 Å². The molecule has 0 aromatic carbocycles. The molecule has 0 aliphatic rings. The molecular weight excluding hydrogens is 390 g/mol. The van der Waals surface area contributed by atoms with Gasteiger partial charge < -0.3 is 48.7 Å². The first-order valence-electron chi connectivity index (χ1n) is 6.78. The predicted octanol–water partition coefficient (Wildman–Crippen LogP) is -1.86. The molecule has 6 N–H and O–H groups in total. The zero-order valence-corrected chi connectivity index (χ0v) is 14.9. The Kier molecular flexibility index (Phi) is 11.1. The van der Waals surface area contributed by atoms with E-state index in [1.54, 1.807) is 0 Å². The summed E-state index contributed by atoms with van der Waals surface area (Å²) in [6, 6.07) is 0. The third-order valence-corrected chi connectivity index (χ3v) is 6.26. The summed E-state index contributed by atoms with van der Waals surface area (Å²) in [7, 11) is -11.1. The Labute approximate surface area is 142 Å². The highest BCUT2D eigenvalue weighted by Gasteiger charge is 2.59. The maximum Gasteiger partial charge on any atom is 0.371 e. The lowest BCUT2D eigenvalue weighted by Gasteiger charge is -2.28. The highest BCUT2D eigenvalue weighted by Crippen LogP contribution is 2.67. The molecular formula is C10H22O13P2.